The van der Waals surface area contributed by atoms with Crippen molar-refractivity contribution in [3.63, 3.8) is 0 Å². The molecule has 1 fully saturated rings. The molecule has 1 aliphatic rings. The van der Waals surface area contributed by atoms with Gasteiger partial charge >= 0.3 is 6.92 Å². The maximum Gasteiger partial charge on any atom is 0.327 e. The summed E-state index contributed by atoms with van der Waals surface area (Å²) >= 11 is 0. The molecule has 22 heavy (non-hydrogen) atoms. The molecule has 0 radical (unpaired) electrons. The predicted octanol–water partition coefficient (Wildman–Crippen LogP) is 3.26. The van der Waals surface area contributed by atoms with E-state index >= 15 is 0 Å². The third kappa shape index (κ3) is 3.33. The van der Waals surface area contributed by atoms with Crippen molar-refractivity contribution in [2.75, 3.05) is 0 Å². The highest BCUT2D eigenvalue weighted by molar-refractivity contribution is 6.68. The van der Waals surface area contributed by atoms with E-state index in [9.17, 15) is 5.11 Å². The zero-order valence-electron chi connectivity index (χ0n) is 14.9. The van der Waals surface area contributed by atoms with E-state index in [1.54, 1.807) is 6.92 Å². The Hall–Kier alpha value is -0.995. The van der Waals surface area contributed by atoms with Gasteiger partial charge in [0.05, 0.1) is 11.7 Å². The fourth-order valence-electron chi connectivity index (χ4n) is 2.59. The maximum atomic E-state index is 9.74. The van der Waals surface area contributed by atoms with Crippen LogP contribution in [0.5, 0.6) is 5.75 Å². The van der Waals surface area contributed by atoms with Crippen LogP contribution in [-0.4, -0.2) is 29.3 Å². The largest absolute Gasteiger partial charge is 0.485 e. The third-order valence-corrected chi connectivity index (χ3v) is 5.40. The van der Waals surface area contributed by atoms with Gasteiger partial charge < -0.3 is 14.5 Å². The van der Waals surface area contributed by atoms with Gasteiger partial charge in [-0.3, -0.25) is 0 Å². The van der Waals surface area contributed by atoms with Gasteiger partial charge in [-0.05, 0) is 63.9 Å². The Balaban J connectivity index is 2.11. The molecule has 4 heteroatoms. The molecule has 0 aromatic heterocycles. The third-order valence-electron chi connectivity index (χ3n) is 5.40. The smallest absolute Gasteiger partial charge is 0.327 e. The Labute approximate surface area is 135 Å². The van der Waals surface area contributed by atoms with Crippen molar-refractivity contribution in [3.8, 4) is 5.75 Å². The minimum absolute atomic E-state index is 0.124. The number of hydrogen-bond acceptors (Lipinski definition) is 3. The summed E-state index contributed by atoms with van der Waals surface area (Å²) in [6.45, 7) is 14.5. The number of ether oxygens (including phenoxy) is 1. The summed E-state index contributed by atoms with van der Waals surface area (Å²) in [5, 5.41) is 9.74. The first kappa shape index (κ1) is 17.4. The first-order valence-electron chi connectivity index (χ1n) is 8.09. The molecule has 3 nitrogen and oxygen atoms in total. The lowest BCUT2D eigenvalue weighted by Gasteiger charge is -2.34. The van der Waals surface area contributed by atoms with Crippen LogP contribution in [0.2, 0.25) is 6.32 Å². The van der Waals surface area contributed by atoms with Gasteiger partial charge in [0.25, 0.3) is 0 Å². The van der Waals surface area contributed by atoms with Gasteiger partial charge in [-0.2, -0.15) is 0 Å². The van der Waals surface area contributed by atoms with E-state index in [1.165, 1.54) is 5.46 Å². The standard InChI is InChI=1S/C18H29BO3/c1-13(20)17(4,5)21-15-10-8-14(9-11-15)19-12-16(2,3)18(6,7)22-19/h8-11,13,20H,12H2,1-7H3. The molecule has 0 spiro atoms. The molecule has 1 heterocycles. The Morgan fingerprint density at radius 1 is 1.18 bits per heavy atom. The second kappa shape index (κ2) is 5.57. The van der Waals surface area contributed by atoms with E-state index in [-0.39, 0.29) is 17.9 Å². The summed E-state index contributed by atoms with van der Waals surface area (Å²) in [6.07, 6.45) is 0.478. The Morgan fingerprint density at radius 2 is 1.73 bits per heavy atom. The lowest BCUT2D eigenvalue weighted by atomic mass is 9.54. The molecule has 2 rings (SSSR count). The number of rotatable bonds is 4. The zero-order valence-corrected chi connectivity index (χ0v) is 14.9. The fourth-order valence-corrected chi connectivity index (χ4v) is 2.59. The highest BCUT2D eigenvalue weighted by Crippen LogP contribution is 2.45. The van der Waals surface area contributed by atoms with E-state index < -0.39 is 11.7 Å². The molecule has 1 unspecified atom stereocenters. The second-order valence-electron chi connectivity index (χ2n) is 8.16. The quantitative estimate of drug-likeness (QED) is 0.868. The molecular weight excluding hydrogens is 275 g/mol. The fraction of sp³-hybridized carbons (Fsp3) is 0.667. The topological polar surface area (TPSA) is 38.7 Å². The minimum Gasteiger partial charge on any atom is -0.485 e. The monoisotopic (exact) mass is 304 g/mol. The molecule has 1 N–H and O–H groups in total. The molecular formula is C18H29BO3. The number of benzene rings is 1. The molecule has 0 saturated carbocycles. The lowest BCUT2D eigenvalue weighted by Crippen LogP contribution is -2.40. The van der Waals surface area contributed by atoms with Crippen molar-refractivity contribution in [1.82, 2.24) is 0 Å². The summed E-state index contributed by atoms with van der Waals surface area (Å²) < 4.78 is 12.1. The van der Waals surface area contributed by atoms with E-state index in [1.807, 2.05) is 26.0 Å². The summed E-state index contributed by atoms with van der Waals surface area (Å²) in [7, 11) is 0. The average Bonchev–Trinajstić information content (AvgIpc) is 2.58. The Bertz CT molecular complexity index is 502. The van der Waals surface area contributed by atoms with Crippen LogP contribution in [-0.2, 0) is 4.65 Å². The second-order valence-corrected chi connectivity index (χ2v) is 8.16. The van der Waals surface area contributed by atoms with E-state index in [2.05, 4.69) is 39.8 Å². The van der Waals surface area contributed by atoms with Crippen molar-refractivity contribution in [2.24, 2.45) is 5.41 Å². The SMILES string of the molecule is CC(O)C(C)(C)Oc1ccc(B2CC(C)(C)C(C)(C)O2)cc1. The molecule has 0 bridgehead atoms. The highest BCUT2D eigenvalue weighted by Gasteiger charge is 2.49. The van der Waals surface area contributed by atoms with Gasteiger partial charge in [0.1, 0.15) is 11.4 Å². The van der Waals surface area contributed by atoms with Gasteiger partial charge in [0, 0.05) is 0 Å². The van der Waals surface area contributed by atoms with E-state index in [0.29, 0.717) is 0 Å². The van der Waals surface area contributed by atoms with Crippen molar-refractivity contribution in [3.05, 3.63) is 24.3 Å². The van der Waals surface area contributed by atoms with E-state index in [4.69, 9.17) is 9.39 Å². The maximum absolute atomic E-state index is 9.74. The van der Waals surface area contributed by atoms with Crippen molar-refractivity contribution in [1.29, 1.82) is 0 Å². The van der Waals surface area contributed by atoms with Gasteiger partial charge in [0.2, 0.25) is 0 Å². The number of hydrogen-bond donors (Lipinski definition) is 1. The molecule has 0 aliphatic carbocycles. The molecule has 1 saturated heterocycles. The van der Waals surface area contributed by atoms with Crippen LogP contribution in [0.15, 0.2) is 24.3 Å². The number of aliphatic hydroxyl groups is 1. The van der Waals surface area contributed by atoms with Gasteiger partial charge in [-0.1, -0.05) is 26.0 Å². The summed E-state index contributed by atoms with van der Waals surface area (Å²) in [4.78, 5) is 0. The Kier molecular flexibility index (Phi) is 4.40. The minimum atomic E-state index is -0.602. The molecule has 1 atom stereocenters. The normalized spacial score (nSPS) is 21.7. The molecule has 1 aromatic rings. The van der Waals surface area contributed by atoms with Crippen LogP contribution < -0.4 is 10.2 Å². The van der Waals surface area contributed by atoms with Crippen LogP contribution in [0.3, 0.4) is 0 Å². The summed E-state index contributed by atoms with van der Waals surface area (Å²) in [5.41, 5.74) is 0.610. The van der Waals surface area contributed by atoms with Crippen LogP contribution in [0.4, 0.5) is 0 Å². The van der Waals surface area contributed by atoms with Gasteiger partial charge in [-0.15, -0.1) is 0 Å². The first-order chi connectivity index (χ1) is 9.95. The van der Waals surface area contributed by atoms with Crippen molar-refractivity contribution >= 4 is 12.4 Å². The molecule has 122 valence electrons. The predicted molar refractivity (Wildman–Crippen MR) is 92.0 cm³/mol. The van der Waals surface area contributed by atoms with Crippen LogP contribution in [0.1, 0.15) is 48.5 Å². The van der Waals surface area contributed by atoms with Gasteiger partial charge in [0.15, 0.2) is 0 Å². The van der Waals surface area contributed by atoms with Crippen LogP contribution >= 0.6 is 0 Å². The first-order valence-corrected chi connectivity index (χ1v) is 8.09. The van der Waals surface area contributed by atoms with Crippen LogP contribution in [0, 0.1) is 5.41 Å². The number of aliphatic hydroxyl groups excluding tert-OH is 1. The van der Waals surface area contributed by atoms with Crippen molar-refractivity contribution in [2.45, 2.75) is 72.1 Å². The average molecular weight is 304 g/mol. The molecule has 1 aliphatic heterocycles. The Morgan fingerprint density at radius 3 is 2.14 bits per heavy atom. The van der Waals surface area contributed by atoms with Crippen LogP contribution in [0.25, 0.3) is 0 Å². The molecule has 1 aromatic carbocycles. The molecule has 0 amide bonds. The summed E-state index contributed by atoms with van der Waals surface area (Å²) in [5.74, 6) is 0.770. The van der Waals surface area contributed by atoms with E-state index in [0.717, 1.165) is 12.1 Å². The van der Waals surface area contributed by atoms with Gasteiger partial charge in [-0.25, -0.2) is 0 Å². The highest BCUT2D eigenvalue weighted by atomic mass is 16.5. The summed E-state index contributed by atoms with van der Waals surface area (Å²) in [6, 6.07) is 8.05. The van der Waals surface area contributed by atoms with Crippen molar-refractivity contribution < 1.29 is 14.5 Å². The lowest BCUT2D eigenvalue weighted by molar-refractivity contribution is -0.0176. The zero-order chi connectivity index (χ0) is 16.8.